The highest BCUT2D eigenvalue weighted by atomic mass is 16.5. The molecule has 1 unspecified atom stereocenters. The molecule has 0 bridgehead atoms. The van der Waals surface area contributed by atoms with E-state index in [1.165, 1.54) is 6.92 Å². The van der Waals surface area contributed by atoms with Gasteiger partial charge in [0.25, 0.3) is 5.91 Å². The molecule has 2 rings (SSSR count). The van der Waals surface area contributed by atoms with E-state index < -0.39 is 0 Å². The third-order valence-corrected chi connectivity index (χ3v) is 3.34. The molecule has 2 amide bonds. The number of benzene rings is 1. The molecule has 2 N–H and O–H groups in total. The van der Waals surface area contributed by atoms with Gasteiger partial charge in [-0.2, -0.15) is 0 Å². The Kier molecular flexibility index (Phi) is 5.95. The molecule has 0 saturated heterocycles. The van der Waals surface area contributed by atoms with Crippen LogP contribution < -0.4 is 15.4 Å². The summed E-state index contributed by atoms with van der Waals surface area (Å²) in [6, 6.07) is 8.58. The second-order valence-corrected chi connectivity index (χ2v) is 5.46. The molecular weight excluding hydrogens is 310 g/mol. The smallest absolute Gasteiger partial charge is 0.273 e. The highest BCUT2D eigenvalue weighted by Crippen LogP contribution is 2.17. The number of carbonyl (C=O) groups excluding carboxylic acids is 2. The first-order chi connectivity index (χ1) is 11.5. The molecule has 24 heavy (non-hydrogen) atoms. The van der Waals surface area contributed by atoms with Crippen LogP contribution >= 0.6 is 0 Å². The molecule has 0 aliphatic carbocycles. The Morgan fingerprint density at radius 1 is 1.29 bits per heavy atom. The number of nitrogens with one attached hydrogen (secondary N) is 2. The Hall–Kier alpha value is -2.83. The molecule has 1 aromatic heterocycles. The van der Waals surface area contributed by atoms with Crippen molar-refractivity contribution in [1.82, 2.24) is 10.5 Å². The lowest BCUT2D eigenvalue weighted by Gasteiger charge is -2.08. The predicted molar refractivity (Wildman–Crippen MR) is 88.8 cm³/mol. The maximum atomic E-state index is 11.9. The normalized spacial score (nSPS) is 11.6. The van der Waals surface area contributed by atoms with Crippen molar-refractivity contribution in [2.75, 3.05) is 5.32 Å². The van der Waals surface area contributed by atoms with E-state index in [-0.39, 0.29) is 30.2 Å². The second-order valence-electron chi connectivity index (χ2n) is 5.46. The summed E-state index contributed by atoms with van der Waals surface area (Å²) in [4.78, 5) is 22.9. The van der Waals surface area contributed by atoms with Crippen LogP contribution in [-0.4, -0.2) is 23.0 Å². The number of hydrogen-bond donors (Lipinski definition) is 2. The van der Waals surface area contributed by atoms with Crippen LogP contribution in [0.25, 0.3) is 0 Å². The van der Waals surface area contributed by atoms with Crippen molar-refractivity contribution in [3.05, 3.63) is 41.8 Å². The zero-order valence-electron chi connectivity index (χ0n) is 14.0. The van der Waals surface area contributed by atoms with Crippen molar-refractivity contribution in [3.8, 4) is 5.75 Å². The van der Waals surface area contributed by atoms with Gasteiger partial charge in [-0.15, -0.1) is 0 Å². The van der Waals surface area contributed by atoms with Gasteiger partial charge in [0.15, 0.2) is 11.5 Å². The van der Waals surface area contributed by atoms with Crippen LogP contribution in [0.15, 0.2) is 34.9 Å². The molecule has 1 aromatic carbocycles. The van der Waals surface area contributed by atoms with Gasteiger partial charge in [0.05, 0.1) is 0 Å². The summed E-state index contributed by atoms with van der Waals surface area (Å²) in [5.41, 5.74) is 0.924. The van der Waals surface area contributed by atoms with Crippen LogP contribution in [-0.2, 0) is 11.4 Å². The van der Waals surface area contributed by atoms with Crippen LogP contribution in [0.5, 0.6) is 5.75 Å². The van der Waals surface area contributed by atoms with Crippen LogP contribution in [0.4, 0.5) is 5.69 Å². The molecular formula is C17H21N3O4. The third kappa shape index (κ3) is 5.12. The van der Waals surface area contributed by atoms with E-state index in [0.717, 1.165) is 6.42 Å². The van der Waals surface area contributed by atoms with Gasteiger partial charge in [0.2, 0.25) is 5.91 Å². The second kappa shape index (κ2) is 8.14. The quantitative estimate of drug-likeness (QED) is 0.813. The molecule has 1 atom stereocenters. The van der Waals surface area contributed by atoms with Gasteiger partial charge >= 0.3 is 0 Å². The van der Waals surface area contributed by atoms with E-state index in [9.17, 15) is 9.59 Å². The zero-order valence-corrected chi connectivity index (χ0v) is 14.0. The molecule has 0 aliphatic heterocycles. The average Bonchev–Trinajstić information content (AvgIpc) is 3.02. The van der Waals surface area contributed by atoms with Crippen LogP contribution in [0, 0.1) is 0 Å². The number of amides is 2. The van der Waals surface area contributed by atoms with Gasteiger partial charge in [-0.1, -0.05) is 12.1 Å². The number of nitrogens with zero attached hydrogens (tertiary/aromatic N) is 1. The molecule has 0 radical (unpaired) electrons. The Morgan fingerprint density at radius 2 is 2.00 bits per heavy atom. The van der Waals surface area contributed by atoms with Gasteiger partial charge in [-0.05, 0) is 37.6 Å². The molecule has 0 saturated carbocycles. The van der Waals surface area contributed by atoms with Crippen molar-refractivity contribution >= 4 is 17.5 Å². The maximum Gasteiger partial charge on any atom is 0.273 e. The molecule has 1 heterocycles. The van der Waals surface area contributed by atoms with Gasteiger partial charge in [0.1, 0.15) is 12.4 Å². The third-order valence-electron chi connectivity index (χ3n) is 3.34. The highest BCUT2D eigenvalue weighted by Gasteiger charge is 2.14. The fourth-order valence-corrected chi connectivity index (χ4v) is 1.88. The van der Waals surface area contributed by atoms with E-state index >= 15 is 0 Å². The van der Waals surface area contributed by atoms with Crippen LogP contribution in [0.2, 0.25) is 0 Å². The Labute approximate surface area is 140 Å². The first kappa shape index (κ1) is 17.5. The molecule has 7 heteroatoms. The van der Waals surface area contributed by atoms with Crippen LogP contribution in [0.3, 0.4) is 0 Å². The number of hydrogen-bond acceptors (Lipinski definition) is 5. The Bertz CT molecular complexity index is 694. The summed E-state index contributed by atoms with van der Waals surface area (Å²) in [6.45, 7) is 5.52. The Morgan fingerprint density at radius 3 is 2.62 bits per heavy atom. The molecule has 2 aromatic rings. The highest BCUT2D eigenvalue weighted by molar-refractivity contribution is 5.92. The summed E-state index contributed by atoms with van der Waals surface area (Å²) >= 11 is 0. The van der Waals surface area contributed by atoms with Gasteiger partial charge < -0.3 is 19.9 Å². The van der Waals surface area contributed by atoms with E-state index in [1.54, 1.807) is 30.3 Å². The SMILES string of the molecule is CCC(C)NC(=O)c1cc(COc2ccc(NC(C)=O)cc2)on1. The van der Waals surface area contributed by atoms with Gasteiger partial charge in [-0.3, -0.25) is 9.59 Å². The summed E-state index contributed by atoms with van der Waals surface area (Å²) in [6.07, 6.45) is 0.841. The first-order valence-corrected chi connectivity index (χ1v) is 7.75. The molecule has 0 aliphatic rings. The van der Waals surface area contributed by atoms with Crippen molar-refractivity contribution in [1.29, 1.82) is 0 Å². The monoisotopic (exact) mass is 331 g/mol. The summed E-state index contributed by atoms with van der Waals surface area (Å²) in [5, 5.41) is 9.24. The molecule has 128 valence electrons. The van der Waals surface area contributed by atoms with Crippen LogP contribution in [0.1, 0.15) is 43.4 Å². The van der Waals surface area contributed by atoms with Crippen molar-refractivity contribution in [3.63, 3.8) is 0 Å². The number of aromatic nitrogens is 1. The van der Waals surface area contributed by atoms with E-state index in [4.69, 9.17) is 9.26 Å². The standard InChI is InChI=1S/C17H21N3O4/c1-4-11(2)18-17(22)16-9-15(24-20-16)10-23-14-7-5-13(6-8-14)19-12(3)21/h5-9,11H,4,10H2,1-3H3,(H,18,22)(H,19,21). The minimum atomic E-state index is -0.265. The predicted octanol–water partition coefficient (Wildman–Crippen LogP) is 2.74. The zero-order chi connectivity index (χ0) is 17.5. The lowest BCUT2D eigenvalue weighted by atomic mass is 10.2. The molecule has 7 nitrogen and oxygen atoms in total. The van der Waals surface area contributed by atoms with Gasteiger partial charge in [0, 0.05) is 24.7 Å². The largest absolute Gasteiger partial charge is 0.486 e. The van der Waals surface area contributed by atoms with Crippen molar-refractivity contribution < 1.29 is 18.8 Å². The first-order valence-electron chi connectivity index (χ1n) is 7.75. The number of ether oxygens (including phenoxy) is 1. The fraction of sp³-hybridized carbons (Fsp3) is 0.353. The van der Waals surface area contributed by atoms with E-state index in [2.05, 4.69) is 15.8 Å². The lowest BCUT2D eigenvalue weighted by Crippen LogP contribution is -2.32. The summed E-state index contributed by atoms with van der Waals surface area (Å²) in [7, 11) is 0. The Balaban J connectivity index is 1.88. The van der Waals surface area contributed by atoms with E-state index in [1.807, 2.05) is 13.8 Å². The number of anilines is 1. The minimum absolute atomic E-state index is 0.0797. The van der Waals surface area contributed by atoms with Gasteiger partial charge in [-0.25, -0.2) is 0 Å². The van der Waals surface area contributed by atoms with Crippen molar-refractivity contribution in [2.24, 2.45) is 0 Å². The molecule has 0 fully saturated rings. The average molecular weight is 331 g/mol. The number of carbonyl (C=O) groups is 2. The fourth-order valence-electron chi connectivity index (χ4n) is 1.88. The van der Waals surface area contributed by atoms with E-state index in [0.29, 0.717) is 17.2 Å². The summed E-state index contributed by atoms with van der Waals surface area (Å²) in [5.74, 6) is 0.675. The van der Waals surface area contributed by atoms with Crippen molar-refractivity contribution in [2.45, 2.75) is 39.8 Å². The summed E-state index contributed by atoms with van der Waals surface area (Å²) < 4.78 is 10.7. The number of rotatable bonds is 7. The maximum absolute atomic E-state index is 11.9. The lowest BCUT2D eigenvalue weighted by molar-refractivity contribution is -0.114. The topological polar surface area (TPSA) is 93.5 Å². The minimum Gasteiger partial charge on any atom is -0.486 e. The molecule has 0 spiro atoms.